The van der Waals surface area contributed by atoms with E-state index in [-0.39, 0.29) is 22.9 Å². The molecule has 76 valence electrons. The van der Waals surface area contributed by atoms with Gasteiger partial charge >= 0.3 is 5.97 Å². The zero-order valence-corrected chi connectivity index (χ0v) is 8.97. The van der Waals surface area contributed by atoms with Gasteiger partial charge in [0, 0.05) is 18.9 Å². The van der Waals surface area contributed by atoms with Gasteiger partial charge in [0.15, 0.2) is 0 Å². The molecule has 0 fully saturated rings. The quantitative estimate of drug-likeness (QED) is 0.592. The fraction of sp³-hybridized carbons (Fsp3) is 0.375. The molecule has 0 atom stereocenters. The normalized spacial score (nSPS) is 9.93. The zero-order valence-electron chi connectivity index (χ0n) is 7.46. The van der Waals surface area contributed by atoms with Crippen LogP contribution in [0.3, 0.4) is 0 Å². The Morgan fingerprint density at radius 3 is 2.50 bits per heavy atom. The summed E-state index contributed by atoms with van der Waals surface area (Å²) in [5.74, 6) is -0.339. The lowest BCUT2D eigenvalue weighted by molar-refractivity contribution is -0.140. The average Bonchev–Trinajstić information content (AvgIpc) is 2.09. The molecule has 1 aromatic rings. The molecule has 0 saturated carbocycles. The number of nitrogens with zero attached hydrogens (tertiary/aromatic N) is 2. The van der Waals surface area contributed by atoms with Gasteiger partial charge < -0.3 is 4.74 Å². The lowest BCUT2D eigenvalue weighted by atomic mass is 10.2. The number of hydrogen-bond donors (Lipinski definition) is 0. The van der Waals surface area contributed by atoms with Crippen molar-refractivity contribution in [2.24, 2.45) is 0 Å². The Hall–Kier alpha value is -0.870. The van der Waals surface area contributed by atoms with E-state index in [4.69, 9.17) is 27.9 Å². The summed E-state index contributed by atoms with van der Waals surface area (Å²) >= 11 is 11.5. The minimum Gasteiger partial charge on any atom is -0.466 e. The molecule has 0 saturated heterocycles. The summed E-state index contributed by atoms with van der Waals surface area (Å²) in [6.07, 6.45) is 1.69. The Bertz CT molecular complexity index is 324. The van der Waals surface area contributed by atoms with Crippen molar-refractivity contribution in [1.82, 2.24) is 9.97 Å². The highest BCUT2D eigenvalue weighted by Gasteiger charge is 2.08. The van der Waals surface area contributed by atoms with E-state index in [2.05, 4.69) is 9.97 Å². The summed E-state index contributed by atoms with van der Waals surface area (Å²) in [5.41, 5.74) is 0.595. The maximum Gasteiger partial charge on any atom is 0.302 e. The van der Waals surface area contributed by atoms with Crippen molar-refractivity contribution >= 4 is 29.2 Å². The first kappa shape index (κ1) is 11.2. The molecule has 0 aliphatic rings. The Kier molecular flexibility index (Phi) is 4.10. The van der Waals surface area contributed by atoms with E-state index in [1.54, 1.807) is 0 Å². The van der Waals surface area contributed by atoms with Gasteiger partial charge in [-0.15, -0.1) is 0 Å². The van der Waals surface area contributed by atoms with Gasteiger partial charge in [-0.1, -0.05) is 23.2 Å². The van der Waals surface area contributed by atoms with Crippen LogP contribution >= 0.6 is 23.2 Å². The van der Waals surface area contributed by atoms with Gasteiger partial charge in [0.05, 0.1) is 6.61 Å². The highest BCUT2D eigenvalue weighted by molar-refractivity contribution is 6.34. The van der Waals surface area contributed by atoms with Crippen LogP contribution in [-0.2, 0) is 16.0 Å². The molecule has 1 heterocycles. The summed E-state index contributed by atoms with van der Waals surface area (Å²) in [4.78, 5) is 18.0. The summed E-state index contributed by atoms with van der Waals surface area (Å²) in [5, 5.41) is 0.578. The smallest absolute Gasteiger partial charge is 0.302 e. The number of carbonyl (C=O) groups excluding carboxylic acids is 1. The van der Waals surface area contributed by atoms with Crippen molar-refractivity contribution in [3.63, 3.8) is 0 Å². The molecular formula is C8H8Cl2N2O2. The van der Waals surface area contributed by atoms with Crippen LogP contribution in [0.25, 0.3) is 0 Å². The fourth-order valence-electron chi connectivity index (χ4n) is 0.874. The molecule has 0 aliphatic heterocycles. The standard InChI is InChI=1S/C8H8Cl2N2O2/c1-5(13)14-3-2-6-7(9)11-4-12-8(6)10/h4H,2-3H2,1H3. The predicted molar refractivity (Wildman–Crippen MR) is 52.4 cm³/mol. The highest BCUT2D eigenvalue weighted by Crippen LogP contribution is 2.19. The second-order valence-electron chi connectivity index (χ2n) is 2.52. The third-order valence-electron chi connectivity index (χ3n) is 1.50. The van der Waals surface area contributed by atoms with Gasteiger partial charge in [-0.05, 0) is 0 Å². The molecule has 0 aromatic carbocycles. The first-order valence-corrected chi connectivity index (χ1v) is 4.65. The van der Waals surface area contributed by atoms with E-state index in [1.807, 2.05) is 0 Å². The molecule has 0 amide bonds. The third-order valence-corrected chi connectivity index (χ3v) is 2.15. The zero-order chi connectivity index (χ0) is 10.6. The van der Waals surface area contributed by atoms with Crippen LogP contribution in [0.15, 0.2) is 6.33 Å². The molecule has 1 aromatic heterocycles. The van der Waals surface area contributed by atoms with Gasteiger partial charge in [-0.25, -0.2) is 9.97 Å². The monoisotopic (exact) mass is 234 g/mol. The largest absolute Gasteiger partial charge is 0.466 e. The molecule has 0 radical (unpaired) electrons. The van der Waals surface area contributed by atoms with E-state index < -0.39 is 0 Å². The number of ether oxygens (including phenoxy) is 1. The van der Waals surface area contributed by atoms with Crippen LogP contribution in [0, 0.1) is 0 Å². The summed E-state index contributed by atoms with van der Waals surface area (Å²) < 4.78 is 4.74. The van der Waals surface area contributed by atoms with Crippen molar-refractivity contribution in [2.45, 2.75) is 13.3 Å². The van der Waals surface area contributed by atoms with E-state index >= 15 is 0 Å². The minimum atomic E-state index is -0.339. The van der Waals surface area contributed by atoms with Crippen molar-refractivity contribution in [3.05, 3.63) is 22.2 Å². The van der Waals surface area contributed by atoms with Crippen LogP contribution in [-0.4, -0.2) is 22.5 Å². The Balaban J connectivity index is 2.62. The molecule has 14 heavy (non-hydrogen) atoms. The molecule has 0 N–H and O–H groups in total. The molecule has 0 aliphatic carbocycles. The van der Waals surface area contributed by atoms with Crippen molar-refractivity contribution < 1.29 is 9.53 Å². The third kappa shape index (κ3) is 3.12. The lowest BCUT2D eigenvalue weighted by Crippen LogP contribution is -2.05. The number of aromatic nitrogens is 2. The Labute approximate surface area is 91.2 Å². The van der Waals surface area contributed by atoms with Crippen LogP contribution < -0.4 is 0 Å². The Morgan fingerprint density at radius 2 is 2.00 bits per heavy atom. The molecular weight excluding hydrogens is 227 g/mol. The van der Waals surface area contributed by atoms with Crippen LogP contribution in [0.1, 0.15) is 12.5 Å². The van der Waals surface area contributed by atoms with Gasteiger partial charge in [0.2, 0.25) is 0 Å². The number of halogens is 2. The highest BCUT2D eigenvalue weighted by atomic mass is 35.5. The van der Waals surface area contributed by atoms with Crippen molar-refractivity contribution in [1.29, 1.82) is 0 Å². The van der Waals surface area contributed by atoms with Gasteiger partial charge in [0.25, 0.3) is 0 Å². The summed E-state index contributed by atoms with van der Waals surface area (Å²) in [6, 6.07) is 0. The second-order valence-corrected chi connectivity index (χ2v) is 3.24. The molecule has 0 spiro atoms. The van der Waals surface area contributed by atoms with Crippen LogP contribution in [0.5, 0.6) is 0 Å². The van der Waals surface area contributed by atoms with E-state index in [9.17, 15) is 4.79 Å². The maximum absolute atomic E-state index is 10.5. The summed E-state index contributed by atoms with van der Waals surface area (Å²) in [7, 11) is 0. The molecule has 0 unspecified atom stereocenters. The number of carbonyl (C=O) groups is 1. The van der Waals surface area contributed by atoms with Gasteiger partial charge in [-0.2, -0.15) is 0 Å². The van der Waals surface area contributed by atoms with E-state index in [0.717, 1.165) is 0 Å². The number of rotatable bonds is 3. The van der Waals surface area contributed by atoms with Gasteiger partial charge in [-0.3, -0.25) is 4.79 Å². The van der Waals surface area contributed by atoms with Crippen molar-refractivity contribution in [2.75, 3.05) is 6.61 Å². The average molecular weight is 235 g/mol. The topological polar surface area (TPSA) is 52.1 Å². The SMILES string of the molecule is CC(=O)OCCc1c(Cl)ncnc1Cl. The minimum absolute atomic E-state index is 0.224. The first-order valence-electron chi connectivity index (χ1n) is 3.89. The van der Waals surface area contributed by atoms with Crippen molar-refractivity contribution in [3.8, 4) is 0 Å². The number of esters is 1. The first-order chi connectivity index (χ1) is 6.61. The predicted octanol–water partition coefficient (Wildman–Crippen LogP) is 1.89. The molecule has 1 rings (SSSR count). The molecule has 4 nitrogen and oxygen atoms in total. The van der Waals surface area contributed by atoms with E-state index in [1.165, 1.54) is 13.3 Å². The second kappa shape index (κ2) is 5.12. The lowest BCUT2D eigenvalue weighted by Gasteiger charge is -2.04. The van der Waals surface area contributed by atoms with Crippen LogP contribution in [0.4, 0.5) is 0 Å². The fourth-order valence-corrected chi connectivity index (χ4v) is 1.38. The van der Waals surface area contributed by atoms with Gasteiger partial charge in [0.1, 0.15) is 16.6 Å². The van der Waals surface area contributed by atoms with Crippen LogP contribution in [0.2, 0.25) is 10.3 Å². The van der Waals surface area contributed by atoms with E-state index in [0.29, 0.717) is 12.0 Å². The summed E-state index contributed by atoms with van der Waals surface area (Å²) in [6.45, 7) is 1.56. The Morgan fingerprint density at radius 1 is 1.43 bits per heavy atom. The number of hydrogen-bond acceptors (Lipinski definition) is 4. The molecule has 0 bridgehead atoms. The maximum atomic E-state index is 10.5. The molecule has 6 heteroatoms.